The molecule has 1 rings (SSSR count). The minimum Gasteiger partial charge on any atom is -0.404 e. The van der Waals surface area contributed by atoms with E-state index in [4.69, 9.17) is 5.73 Å². The maximum Gasteiger partial charge on any atom is 0.00175 e. The summed E-state index contributed by atoms with van der Waals surface area (Å²) in [4.78, 5) is 0. The molecule has 0 saturated carbocycles. The van der Waals surface area contributed by atoms with Crippen molar-refractivity contribution >= 4 is 11.8 Å². The second-order valence-corrected chi connectivity index (χ2v) is 2.75. The Hall–Kier alpha value is -1.24. The van der Waals surface area contributed by atoms with E-state index in [1.807, 2.05) is 32.0 Å². The molecule has 0 fully saturated rings. The van der Waals surface area contributed by atoms with Gasteiger partial charge in [-0.05, 0) is 24.3 Å². The summed E-state index contributed by atoms with van der Waals surface area (Å²) in [5.74, 6) is 0. The van der Waals surface area contributed by atoms with Gasteiger partial charge in [0.1, 0.15) is 0 Å². The van der Waals surface area contributed by atoms with Crippen molar-refractivity contribution < 1.29 is 0 Å². The lowest BCUT2D eigenvalue weighted by Crippen LogP contribution is -2.26. The van der Waals surface area contributed by atoms with Crippen LogP contribution in [0.1, 0.15) is 27.7 Å². The van der Waals surface area contributed by atoms with Gasteiger partial charge < -0.3 is 5.73 Å². The van der Waals surface area contributed by atoms with Crippen molar-refractivity contribution in [2.75, 3.05) is 0 Å². The molecule has 0 unspecified atom stereocenters. The van der Waals surface area contributed by atoms with Crippen molar-refractivity contribution in [2.24, 2.45) is 5.73 Å². The van der Waals surface area contributed by atoms with Gasteiger partial charge in [0, 0.05) is 6.20 Å². The summed E-state index contributed by atoms with van der Waals surface area (Å²) in [7, 11) is 0. The second-order valence-electron chi connectivity index (χ2n) is 2.75. The van der Waals surface area contributed by atoms with Gasteiger partial charge in [0.15, 0.2) is 0 Å². The first kappa shape index (κ1) is 11.8. The van der Waals surface area contributed by atoms with Crippen LogP contribution in [0.15, 0.2) is 24.3 Å². The van der Waals surface area contributed by atoms with E-state index < -0.39 is 0 Å². The lowest BCUT2D eigenvalue weighted by atomic mass is 10.2. The molecule has 1 aromatic rings. The second kappa shape index (κ2) is 6.30. The van der Waals surface area contributed by atoms with E-state index in [-0.39, 0.29) is 0 Å². The predicted molar refractivity (Wildman–Crippen MR) is 60.4 cm³/mol. The first-order valence-electron chi connectivity index (χ1n) is 4.70. The largest absolute Gasteiger partial charge is 0.404 e. The first-order chi connectivity index (χ1) is 6.25. The summed E-state index contributed by atoms with van der Waals surface area (Å²) >= 11 is 0. The Bertz CT molecular complexity index is 346. The molecule has 0 saturated heterocycles. The molecule has 0 aliphatic heterocycles. The Morgan fingerprint density at radius 3 is 2.08 bits per heavy atom. The van der Waals surface area contributed by atoms with Gasteiger partial charge in [-0.1, -0.05) is 43.7 Å². The van der Waals surface area contributed by atoms with Crippen molar-refractivity contribution in [3.05, 3.63) is 34.7 Å². The molecule has 0 aliphatic rings. The highest BCUT2D eigenvalue weighted by atomic mass is 14.5. The van der Waals surface area contributed by atoms with E-state index in [0.717, 1.165) is 5.22 Å². The SMILES string of the molecule is CC.CC(C)=c1cccc/c1=C/N. The molecule has 0 spiro atoms. The third-order valence-electron chi connectivity index (χ3n) is 1.68. The molecule has 0 aliphatic carbocycles. The number of benzene rings is 1. The standard InChI is InChI=1S/C10H13N.C2H6/c1-8(2)10-6-4-3-5-9(10)7-11;1-2/h3-7H,11H2,1-2H3;1-2H3/b9-7-;. The van der Waals surface area contributed by atoms with Crippen LogP contribution in [0.5, 0.6) is 0 Å². The Morgan fingerprint density at radius 1 is 1.15 bits per heavy atom. The van der Waals surface area contributed by atoms with Gasteiger partial charge in [-0.25, -0.2) is 0 Å². The van der Waals surface area contributed by atoms with Crippen molar-refractivity contribution in [2.45, 2.75) is 27.7 Å². The average molecular weight is 177 g/mol. The topological polar surface area (TPSA) is 26.0 Å². The number of rotatable bonds is 0. The summed E-state index contributed by atoms with van der Waals surface area (Å²) in [6.45, 7) is 8.17. The van der Waals surface area contributed by atoms with E-state index in [0.29, 0.717) is 0 Å². The van der Waals surface area contributed by atoms with Crippen LogP contribution in [0.4, 0.5) is 0 Å². The number of hydrogen-bond donors (Lipinski definition) is 1. The Labute approximate surface area is 80.6 Å². The van der Waals surface area contributed by atoms with Gasteiger partial charge in [-0.15, -0.1) is 0 Å². The predicted octanol–water partition coefficient (Wildman–Crippen LogP) is 1.60. The Balaban J connectivity index is 0.000000671. The molecule has 0 heterocycles. The minimum absolute atomic E-state index is 1.10. The number of hydrogen-bond acceptors (Lipinski definition) is 1. The van der Waals surface area contributed by atoms with Gasteiger partial charge in [-0.2, -0.15) is 0 Å². The molecule has 0 bridgehead atoms. The van der Waals surface area contributed by atoms with Crippen LogP contribution in [-0.2, 0) is 0 Å². The molecule has 0 atom stereocenters. The van der Waals surface area contributed by atoms with Crippen LogP contribution in [0.25, 0.3) is 11.8 Å². The van der Waals surface area contributed by atoms with Crippen LogP contribution in [-0.4, -0.2) is 0 Å². The lowest BCUT2D eigenvalue weighted by molar-refractivity contribution is 1.42. The molecule has 13 heavy (non-hydrogen) atoms. The molecule has 0 aromatic heterocycles. The van der Waals surface area contributed by atoms with E-state index in [1.54, 1.807) is 6.20 Å². The lowest BCUT2D eigenvalue weighted by Gasteiger charge is -1.91. The molecular weight excluding hydrogens is 158 g/mol. The van der Waals surface area contributed by atoms with Crippen LogP contribution in [0, 0.1) is 0 Å². The summed E-state index contributed by atoms with van der Waals surface area (Å²) in [6.07, 6.45) is 1.64. The monoisotopic (exact) mass is 177 g/mol. The zero-order valence-electron chi connectivity index (χ0n) is 8.96. The highest BCUT2D eigenvalue weighted by molar-refractivity contribution is 5.40. The Morgan fingerprint density at radius 2 is 1.69 bits per heavy atom. The molecule has 1 nitrogen and oxygen atoms in total. The smallest absolute Gasteiger partial charge is 0.00175 e. The van der Waals surface area contributed by atoms with E-state index >= 15 is 0 Å². The fourth-order valence-corrected chi connectivity index (χ4v) is 1.10. The molecule has 0 radical (unpaired) electrons. The highest BCUT2D eigenvalue weighted by Gasteiger charge is 1.83. The summed E-state index contributed by atoms with van der Waals surface area (Å²) in [5.41, 5.74) is 6.74. The summed E-state index contributed by atoms with van der Waals surface area (Å²) < 4.78 is 0. The van der Waals surface area contributed by atoms with Crippen LogP contribution >= 0.6 is 0 Å². The van der Waals surface area contributed by atoms with E-state index in [2.05, 4.69) is 19.9 Å². The quantitative estimate of drug-likeness (QED) is 0.640. The van der Waals surface area contributed by atoms with E-state index in [1.165, 1.54) is 10.8 Å². The zero-order chi connectivity index (χ0) is 10.3. The fraction of sp³-hybridized carbons (Fsp3) is 0.333. The van der Waals surface area contributed by atoms with Gasteiger partial charge in [0.2, 0.25) is 0 Å². The summed E-state index contributed by atoms with van der Waals surface area (Å²) in [5, 5.41) is 2.34. The molecular formula is C12H19N. The van der Waals surface area contributed by atoms with Crippen molar-refractivity contribution in [1.82, 2.24) is 0 Å². The molecule has 1 heteroatoms. The fourth-order valence-electron chi connectivity index (χ4n) is 1.10. The van der Waals surface area contributed by atoms with Crippen molar-refractivity contribution in [1.29, 1.82) is 0 Å². The maximum absolute atomic E-state index is 5.45. The van der Waals surface area contributed by atoms with Crippen molar-refractivity contribution in [3.8, 4) is 0 Å². The summed E-state index contributed by atoms with van der Waals surface area (Å²) in [6, 6.07) is 8.11. The molecule has 1 aromatic carbocycles. The maximum atomic E-state index is 5.45. The molecule has 72 valence electrons. The zero-order valence-corrected chi connectivity index (χ0v) is 8.96. The van der Waals surface area contributed by atoms with Gasteiger partial charge in [0.05, 0.1) is 0 Å². The normalized spacial score (nSPS) is 10.3. The van der Waals surface area contributed by atoms with Crippen LogP contribution < -0.4 is 16.2 Å². The third kappa shape index (κ3) is 3.32. The first-order valence-corrected chi connectivity index (χ1v) is 4.70. The highest BCUT2D eigenvalue weighted by Crippen LogP contribution is 1.82. The van der Waals surface area contributed by atoms with Crippen LogP contribution in [0.3, 0.4) is 0 Å². The van der Waals surface area contributed by atoms with Gasteiger partial charge >= 0.3 is 0 Å². The van der Waals surface area contributed by atoms with Gasteiger partial charge in [-0.3, -0.25) is 0 Å². The average Bonchev–Trinajstić information content (AvgIpc) is 2.20. The van der Waals surface area contributed by atoms with E-state index in [9.17, 15) is 0 Å². The van der Waals surface area contributed by atoms with Gasteiger partial charge in [0.25, 0.3) is 0 Å². The molecule has 0 amide bonds. The minimum atomic E-state index is 1.10. The third-order valence-corrected chi connectivity index (χ3v) is 1.68. The number of nitrogens with two attached hydrogens (primary N) is 1. The van der Waals surface area contributed by atoms with Crippen molar-refractivity contribution in [3.63, 3.8) is 0 Å². The molecule has 2 N–H and O–H groups in total. The Kier molecular flexibility index (Phi) is 5.69. The van der Waals surface area contributed by atoms with Crippen LogP contribution in [0.2, 0.25) is 0 Å².